The van der Waals surface area contributed by atoms with Crippen molar-refractivity contribution in [3.05, 3.63) is 35.4 Å². The van der Waals surface area contributed by atoms with Crippen molar-refractivity contribution < 1.29 is 0 Å². The molecule has 94 valence electrons. The number of benzene rings is 1. The third-order valence-corrected chi connectivity index (χ3v) is 4.37. The molecule has 3 N–H and O–H groups in total. The molecule has 17 heavy (non-hydrogen) atoms. The quantitative estimate of drug-likeness (QED) is 0.601. The van der Waals surface area contributed by atoms with Crippen molar-refractivity contribution in [2.75, 3.05) is 12.0 Å². The molecular formula is C14H22N2S. The topological polar surface area (TPSA) is 38.0 Å². The summed E-state index contributed by atoms with van der Waals surface area (Å²) in [5.74, 6) is 7.58. The zero-order valence-corrected chi connectivity index (χ0v) is 11.3. The molecule has 0 amide bonds. The molecule has 0 saturated heterocycles. The van der Waals surface area contributed by atoms with Crippen LogP contribution < -0.4 is 11.3 Å². The standard InChI is InChI=1S/C14H22N2S/c1-17-10-9-14(16-15)13-7-5-12(6-8-13)11-3-2-4-11/h5-8,11,14,16H,2-4,9-10,15H2,1H3. The predicted octanol–water partition coefficient (Wildman–Crippen LogP) is 3.21. The summed E-state index contributed by atoms with van der Waals surface area (Å²) in [4.78, 5) is 0. The van der Waals surface area contributed by atoms with Gasteiger partial charge in [0.1, 0.15) is 0 Å². The van der Waals surface area contributed by atoms with Gasteiger partial charge in [0, 0.05) is 6.04 Å². The zero-order valence-electron chi connectivity index (χ0n) is 10.5. The Hall–Kier alpha value is -0.510. The van der Waals surface area contributed by atoms with Crippen molar-refractivity contribution >= 4 is 11.8 Å². The van der Waals surface area contributed by atoms with Gasteiger partial charge in [0.2, 0.25) is 0 Å². The monoisotopic (exact) mass is 250 g/mol. The highest BCUT2D eigenvalue weighted by Gasteiger charge is 2.19. The fourth-order valence-electron chi connectivity index (χ4n) is 2.32. The number of nitrogens with two attached hydrogens (primary N) is 1. The van der Waals surface area contributed by atoms with Crippen molar-refractivity contribution in [1.82, 2.24) is 5.43 Å². The molecule has 1 unspecified atom stereocenters. The largest absolute Gasteiger partial charge is 0.271 e. The van der Waals surface area contributed by atoms with Crippen LogP contribution in [0.25, 0.3) is 0 Å². The third kappa shape index (κ3) is 3.24. The smallest absolute Gasteiger partial charge is 0.0467 e. The molecule has 1 aliphatic carbocycles. The molecule has 1 aromatic carbocycles. The molecule has 0 heterocycles. The van der Waals surface area contributed by atoms with E-state index in [9.17, 15) is 0 Å². The molecule has 0 bridgehead atoms. The van der Waals surface area contributed by atoms with E-state index in [2.05, 4.69) is 35.9 Å². The molecule has 2 rings (SSSR count). The molecule has 0 radical (unpaired) electrons. The van der Waals surface area contributed by atoms with Crippen LogP contribution in [0.4, 0.5) is 0 Å². The lowest BCUT2D eigenvalue weighted by atomic mass is 9.80. The summed E-state index contributed by atoms with van der Waals surface area (Å²) in [7, 11) is 0. The van der Waals surface area contributed by atoms with Crippen LogP contribution in [0.3, 0.4) is 0 Å². The van der Waals surface area contributed by atoms with Gasteiger partial charge in [-0.1, -0.05) is 30.7 Å². The van der Waals surface area contributed by atoms with E-state index in [1.54, 1.807) is 0 Å². The Balaban J connectivity index is 1.99. The van der Waals surface area contributed by atoms with Crippen LogP contribution in [0, 0.1) is 0 Å². The molecule has 3 heteroatoms. The van der Waals surface area contributed by atoms with Crippen LogP contribution in [0.5, 0.6) is 0 Å². The molecule has 1 aliphatic rings. The van der Waals surface area contributed by atoms with Crippen molar-refractivity contribution in [2.24, 2.45) is 5.84 Å². The average molecular weight is 250 g/mol. The van der Waals surface area contributed by atoms with E-state index >= 15 is 0 Å². The van der Waals surface area contributed by atoms with E-state index in [1.807, 2.05) is 11.8 Å². The Bertz CT molecular complexity index is 333. The molecule has 2 nitrogen and oxygen atoms in total. The lowest BCUT2D eigenvalue weighted by molar-refractivity contribution is 0.419. The first-order valence-electron chi connectivity index (χ1n) is 6.40. The first-order valence-corrected chi connectivity index (χ1v) is 7.79. The first-order chi connectivity index (χ1) is 8.35. The predicted molar refractivity (Wildman–Crippen MR) is 76.1 cm³/mol. The van der Waals surface area contributed by atoms with E-state index in [1.165, 1.54) is 30.4 Å². The van der Waals surface area contributed by atoms with Gasteiger partial charge in [0.05, 0.1) is 0 Å². The zero-order chi connectivity index (χ0) is 12.1. The van der Waals surface area contributed by atoms with Gasteiger partial charge in [-0.3, -0.25) is 11.3 Å². The second kappa shape index (κ2) is 6.43. The van der Waals surface area contributed by atoms with Gasteiger partial charge in [-0.2, -0.15) is 11.8 Å². The van der Waals surface area contributed by atoms with Gasteiger partial charge < -0.3 is 0 Å². The Labute approximate surface area is 108 Å². The summed E-state index contributed by atoms with van der Waals surface area (Å²) in [5, 5.41) is 0. The highest BCUT2D eigenvalue weighted by Crippen LogP contribution is 2.36. The van der Waals surface area contributed by atoms with Crippen molar-refractivity contribution in [2.45, 2.75) is 37.6 Å². The van der Waals surface area contributed by atoms with Crippen molar-refractivity contribution in [3.8, 4) is 0 Å². The van der Waals surface area contributed by atoms with Gasteiger partial charge in [0.25, 0.3) is 0 Å². The SMILES string of the molecule is CSCCC(NN)c1ccc(C2CCC2)cc1. The molecule has 1 aromatic rings. The van der Waals surface area contributed by atoms with Crippen LogP contribution in [0.2, 0.25) is 0 Å². The number of rotatable bonds is 6. The number of nitrogens with one attached hydrogen (secondary N) is 1. The molecular weight excluding hydrogens is 228 g/mol. The number of hydrogen-bond donors (Lipinski definition) is 2. The Morgan fingerprint density at radius 2 is 2.06 bits per heavy atom. The van der Waals surface area contributed by atoms with Crippen molar-refractivity contribution in [1.29, 1.82) is 0 Å². The third-order valence-electron chi connectivity index (χ3n) is 3.73. The summed E-state index contributed by atoms with van der Waals surface area (Å²) in [6.07, 6.45) is 7.34. The van der Waals surface area contributed by atoms with Gasteiger partial charge in [-0.25, -0.2) is 0 Å². The van der Waals surface area contributed by atoms with E-state index in [-0.39, 0.29) is 6.04 Å². The minimum absolute atomic E-state index is 0.290. The Morgan fingerprint density at radius 1 is 1.35 bits per heavy atom. The van der Waals surface area contributed by atoms with Gasteiger partial charge in [-0.15, -0.1) is 0 Å². The highest BCUT2D eigenvalue weighted by molar-refractivity contribution is 7.98. The number of thioether (sulfide) groups is 1. The average Bonchev–Trinajstić information content (AvgIpc) is 2.30. The summed E-state index contributed by atoms with van der Waals surface area (Å²) >= 11 is 1.87. The summed E-state index contributed by atoms with van der Waals surface area (Å²) < 4.78 is 0. The summed E-state index contributed by atoms with van der Waals surface area (Å²) in [6.45, 7) is 0. The Kier molecular flexibility index (Phi) is 4.89. The van der Waals surface area contributed by atoms with E-state index in [0.29, 0.717) is 0 Å². The minimum Gasteiger partial charge on any atom is -0.271 e. The second-order valence-electron chi connectivity index (χ2n) is 4.80. The fraction of sp³-hybridized carbons (Fsp3) is 0.571. The summed E-state index contributed by atoms with van der Waals surface area (Å²) in [5.41, 5.74) is 5.73. The lowest BCUT2D eigenvalue weighted by Crippen LogP contribution is -2.28. The van der Waals surface area contributed by atoms with E-state index in [0.717, 1.165) is 18.1 Å². The van der Waals surface area contributed by atoms with Crippen LogP contribution >= 0.6 is 11.8 Å². The second-order valence-corrected chi connectivity index (χ2v) is 5.78. The lowest BCUT2D eigenvalue weighted by Gasteiger charge is -2.26. The minimum atomic E-state index is 0.290. The van der Waals surface area contributed by atoms with Crippen LogP contribution in [0.1, 0.15) is 48.8 Å². The number of hydrazine groups is 1. The van der Waals surface area contributed by atoms with E-state index in [4.69, 9.17) is 5.84 Å². The molecule has 0 spiro atoms. The van der Waals surface area contributed by atoms with Gasteiger partial charge in [-0.05, 0) is 48.3 Å². The van der Waals surface area contributed by atoms with Gasteiger partial charge in [0.15, 0.2) is 0 Å². The number of hydrogen-bond acceptors (Lipinski definition) is 3. The molecule has 1 fully saturated rings. The summed E-state index contributed by atoms with van der Waals surface area (Å²) in [6, 6.07) is 9.32. The molecule has 0 aliphatic heterocycles. The van der Waals surface area contributed by atoms with Gasteiger partial charge >= 0.3 is 0 Å². The normalized spacial score (nSPS) is 17.8. The maximum Gasteiger partial charge on any atom is 0.0467 e. The Morgan fingerprint density at radius 3 is 2.53 bits per heavy atom. The highest BCUT2D eigenvalue weighted by atomic mass is 32.2. The van der Waals surface area contributed by atoms with Crippen LogP contribution in [-0.2, 0) is 0 Å². The fourth-order valence-corrected chi connectivity index (χ4v) is 2.80. The first kappa shape index (κ1) is 12.9. The molecule has 1 saturated carbocycles. The maximum absolute atomic E-state index is 5.62. The van der Waals surface area contributed by atoms with Crippen LogP contribution in [-0.4, -0.2) is 12.0 Å². The van der Waals surface area contributed by atoms with E-state index < -0.39 is 0 Å². The van der Waals surface area contributed by atoms with Crippen molar-refractivity contribution in [3.63, 3.8) is 0 Å². The molecule has 0 aromatic heterocycles. The molecule has 1 atom stereocenters. The van der Waals surface area contributed by atoms with Crippen LogP contribution in [0.15, 0.2) is 24.3 Å². The maximum atomic E-state index is 5.62.